The van der Waals surface area contributed by atoms with Crippen LogP contribution in [0.3, 0.4) is 0 Å². The van der Waals surface area contributed by atoms with Crippen molar-refractivity contribution in [2.75, 3.05) is 6.61 Å². The summed E-state index contributed by atoms with van der Waals surface area (Å²) in [5.41, 5.74) is 0. The van der Waals surface area contributed by atoms with Crippen molar-refractivity contribution in [1.82, 2.24) is 0 Å². The highest BCUT2D eigenvalue weighted by Crippen LogP contribution is 2.13. The predicted octanol–water partition coefficient (Wildman–Crippen LogP) is 3.83. The molecule has 0 amide bonds. The van der Waals surface area contributed by atoms with Crippen molar-refractivity contribution in [3.63, 3.8) is 0 Å². The lowest BCUT2D eigenvalue weighted by Gasteiger charge is -2.07. The topological polar surface area (TPSA) is 50.1 Å². The maximum Gasteiger partial charge on any atom is 0.323 e. The van der Waals surface area contributed by atoms with Crippen molar-refractivity contribution >= 4 is 5.97 Å². The van der Waals surface area contributed by atoms with Gasteiger partial charge in [-0.2, -0.15) is 5.26 Å². The zero-order valence-corrected chi connectivity index (χ0v) is 11.2. The van der Waals surface area contributed by atoms with E-state index in [1.807, 2.05) is 6.07 Å². The van der Waals surface area contributed by atoms with Gasteiger partial charge in [0.1, 0.15) is 5.92 Å². The summed E-state index contributed by atoms with van der Waals surface area (Å²) in [6.45, 7) is 4.32. The Hall–Kier alpha value is -1.04. The van der Waals surface area contributed by atoms with Crippen LogP contribution in [0, 0.1) is 17.2 Å². The molecule has 0 aliphatic carbocycles. The Balaban J connectivity index is 3.51. The molecule has 0 aromatic heterocycles. The zero-order valence-electron chi connectivity index (χ0n) is 11.2. The van der Waals surface area contributed by atoms with Gasteiger partial charge < -0.3 is 4.74 Å². The van der Waals surface area contributed by atoms with E-state index in [4.69, 9.17) is 10.00 Å². The summed E-state index contributed by atoms with van der Waals surface area (Å²) >= 11 is 0. The third kappa shape index (κ3) is 8.74. The maximum absolute atomic E-state index is 11.3. The lowest BCUT2D eigenvalue weighted by atomic mass is 10.0. The molecule has 0 aliphatic heterocycles. The Bertz CT molecular complexity index is 233. The van der Waals surface area contributed by atoms with E-state index in [2.05, 4.69) is 6.92 Å². The fourth-order valence-electron chi connectivity index (χ4n) is 1.78. The molecule has 0 fully saturated rings. The summed E-state index contributed by atoms with van der Waals surface area (Å²) in [6, 6.07) is 2.02. The minimum absolute atomic E-state index is 0.355. The molecular formula is C14H25NO2. The van der Waals surface area contributed by atoms with E-state index in [-0.39, 0.29) is 5.97 Å². The van der Waals surface area contributed by atoms with Gasteiger partial charge in [0.2, 0.25) is 0 Å². The highest BCUT2D eigenvalue weighted by molar-refractivity contribution is 5.75. The van der Waals surface area contributed by atoms with Crippen LogP contribution in [0.1, 0.15) is 65.2 Å². The number of ether oxygens (including phenoxy) is 1. The molecule has 17 heavy (non-hydrogen) atoms. The summed E-state index contributed by atoms with van der Waals surface area (Å²) in [6.07, 6.45) is 9.05. The molecule has 0 bridgehead atoms. The highest BCUT2D eigenvalue weighted by atomic mass is 16.5. The van der Waals surface area contributed by atoms with Crippen LogP contribution < -0.4 is 0 Å². The summed E-state index contributed by atoms with van der Waals surface area (Å²) < 4.78 is 4.84. The Morgan fingerprint density at radius 2 is 1.71 bits per heavy atom. The van der Waals surface area contributed by atoms with Gasteiger partial charge in [0.25, 0.3) is 0 Å². The van der Waals surface area contributed by atoms with Crippen LogP contribution in [0.2, 0.25) is 0 Å². The SMILES string of the molecule is CCCCCCCCC[C@H](C#N)C(=O)OCC. The molecule has 0 saturated heterocycles. The van der Waals surface area contributed by atoms with Gasteiger partial charge in [-0.3, -0.25) is 4.79 Å². The van der Waals surface area contributed by atoms with E-state index < -0.39 is 5.92 Å². The van der Waals surface area contributed by atoms with Crippen LogP contribution in [0.5, 0.6) is 0 Å². The third-order valence-corrected chi connectivity index (χ3v) is 2.82. The summed E-state index contributed by atoms with van der Waals surface area (Å²) in [5, 5.41) is 8.84. The third-order valence-electron chi connectivity index (χ3n) is 2.82. The largest absolute Gasteiger partial charge is 0.465 e. The number of unbranched alkanes of at least 4 members (excludes halogenated alkanes) is 6. The van der Waals surface area contributed by atoms with E-state index >= 15 is 0 Å². The molecule has 3 heteroatoms. The smallest absolute Gasteiger partial charge is 0.323 e. The molecule has 3 nitrogen and oxygen atoms in total. The van der Waals surface area contributed by atoms with Crippen LogP contribution in [0.15, 0.2) is 0 Å². The van der Waals surface area contributed by atoms with E-state index in [0.717, 1.165) is 12.8 Å². The van der Waals surface area contributed by atoms with Crippen molar-refractivity contribution in [2.45, 2.75) is 65.2 Å². The van der Waals surface area contributed by atoms with Gasteiger partial charge in [0.05, 0.1) is 12.7 Å². The summed E-state index contributed by atoms with van der Waals surface area (Å²) in [4.78, 5) is 11.3. The van der Waals surface area contributed by atoms with Crippen LogP contribution in [0.4, 0.5) is 0 Å². The van der Waals surface area contributed by atoms with Gasteiger partial charge in [0, 0.05) is 0 Å². The Labute approximate surface area is 105 Å². The summed E-state index contributed by atoms with van der Waals surface area (Å²) in [5.74, 6) is -0.924. The van der Waals surface area contributed by atoms with E-state index in [9.17, 15) is 4.79 Å². The molecule has 0 aromatic rings. The Kier molecular flexibility index (Phi) is 10.7. The summed E-state index contributed by atoms with van der Waals surface area (Å²) in [7, 11) is 0. The fraction of sp³-hybridized carbons (Fsp3) is 0.857. The molecule has 0 spiro atoms. The zero-order chi connectivity index (χ0) is 12.9. The van der Waals surface area contributed by atoms with Crippen LogP contribution >= 0.6 is 0 Å². The van der Waals surface area contributed by atoms with Gasteiger partial charge in [0.15, 0.2) is 0 Å². The maximum atomic E-state index is 11.3. The molecule has 0 aliphatic rings. The average molecular weight is 239 g/mol. The number of nitriles is 1. The molecule has 98 valence electrons. The van der Waals surface area contributed by atoms with Crippen molar-refractivity contribution < 1.29 is 9.53 Å². The first-order chi connectivity index (χ1) is 8.26. The van der Waals surface area contributed by atoms with E-state index in [0.29, 0.717) is 13.0 Å². The second-order valence-electron chi connectivity index (χ2n) is 4.34. The Morgan fingerprint density at radius 3 is 2.24 bits per heavy atom. The molecule has 0 radical (unpaired) electrons. The molecule has 0 rings (SSSR count). The molecule has 0 aromatic carbocycles. The monoisotopic (exact) mass is 239 g/mol. The second-order valence-corrected chi connectivity index (χ2v) is 4.34. The lowest BCUT2D eigenvalue weighted by molar-refractivity contribution is -0.146. The molecule has 0 N–H and O–H groups in total. The number of hydrogen-bond acceptors (Lipinski definition) is 3. The number of nitrogens with zero attached hydrogens (tertiary/aromatic N) is 1. The normalized spacial score (nSPS) is 11.8. The minimum Gasteiger partial charge on any atom is -0.465 e. The van der Waals surface area contributed by atoms with Crippen LogP contribution in [-0.2, 0) is 9.53 Å². The van der Waals surface area contributed by atoms with E-state index in [1.54, 1.807) is 6.92 Å². The van der Waals surface area contributed by atoms with Crippen molar-refractivity contribution in [2.24, 2.45) is 5.92 Å². The first kappa shape index (κ1) is 16.0. The second kappa shape index (κ2) is 11.4. The minimum atomic E-state index is -0.564. The molecule has 0 unspecified atom stereocenters. The standard InChI is InChI=1S/C14H25NO2/c1-3-5-6-7-8-9-10-11-13(12-15)14(16)17-4-2/h13H,3-11H2,1-2H3/t13-/m1/s1. The van der Waals surface area contributed by atoms with Gasteiger partial charge in [-0.1, -0.05) is 51.9 Å². The first-order valence-corrected chi connectivity index (χ1v) is 6.82. The van der Waals surface area contributed by atoms with Crippen molar-refractivity contribution in [3.8, 4) is 6.07 Å². The molecular weight excluding hydrogens is 214 g/mol. The molecule has 0 heterocycles. The molecule has 0 saturated carbocycles. The fourth-order valence-corrected chi connectivity index (χ4v) is 1.78. The number of esters is 1. The van der Waals surface area contributed by atoms with E-state index in [1.165, 1.54) is 32.1 Å². The van der Waals surface area contributed by atoms with Crippen LogP contribution in [-0.4, -0.2) is 12.6 Å². The number of carbonyl (C=O) groups excluding carboxylic acids is 1. The number of carbonyl (C=O) groups is 1. The van der Waals surface area contributed by atoms with Gasteiger partial charge in [-0.25, -0.2) is 0 Å². The van der Waals surface area contributed by atoms with Crippen molar-refractivity contribution in [3.05, 3.63) is 0 Å². The highest BCUT2D eigenvalue weighted by Gasteiger charge is 2.17. The van der Waals surface area contributed by atoms with Crippen LogP contribution in [0.25, 0.3) is 0 Å². The average Bonchev–Trinajstić information content (AvgIpc) is 2.33. The number of rotatable bonds is 10. The molecule has 1 atom stereocenters. The first-order valence-electron chi connectivity index (χ1n) is 6.82. The Morgan fingerprint density at radius 1 is 1.12 bits per heavy atom. The van der Waals surface area contributed by atoms with Crippen molar-refractivity contribution in [1.29, 1.82) is 5.26 Å². The van der Waals surface area contributed by atoms with Gasteiger partial charge in [-0.05, 0) is 13.3 Å². The van der Waals surface area contributed by atoms with Gasteiger partial charge >= 0.3 is 5.97 Å². The predicted molar refractivity (Wildman–Crippen MR) is 68.3 cm³/mol. The lowest BCUT2D eigenvalue weighted by Crippen LogP contribution is -2.16. The quantitative estimate of drug-likeness (QED) is 0.430. The number of hydrogen-bond donors (Lipinski definition) is 0. The van der Waals surface area contributed by atoms with Gasteiger partial charge in [-0.15, -0.1) is 0 Å².